The molecule has 1 aromatic carbocycles. The van der Waals surface area contributed by atoms with Gasteiger partial charge in [0.05, 0.1) is 0 Å². The minimum atomic E-state index is 0.455. The van der Waals surface area contributed by atoms with Crippen LogP contribution in [0, 0.1) is 0 Å². The Morgan fingerprint density at radius 2 is 0.977 bits per heavy atom. The van der Waals surface area contributed by atoms with E-state index in [1.807, 2.05) is 87.6 Å². The van der Waals surface area contributed by atoms with E-state index in [1.54, 1.807) is 17.6 Å². The Balaban J connectivity index is 1.88. The monoisotopic (exact) mass is 594 g/mol. The van der Waals surface area contributed by atoms with Crippen LogP contribution in [0.25, 0.3) is 80.8 Å². The van der Waals surface area contributed by atoms with E-state index in [4.69, 9.17) is 29.9 Å². The van der Waals surface area contributed by atoms with E-state index in [1.165, 1.54) is 0 Å². The quantitative estimate of drug-likeness (QED) is 0.170. The molecule has 216 valence electrons. The fraction of sp³-hybridized carbons (Fsp3) is 0.0857. The Morgan fingerprint density at radius 1 is 0.545 bits per heavy atom. The molecule has 6 rings (SSSR count). The first-order chi connectivity index (χ1) is 21.5. The summed E-state index contributed by atoms with van der Waals surface area (Å²) in [4.78, 5) is 36.7. The van der Waals surface area contributed by atoms with Crippen LogP contribution in [0.2, 0.25) is 0 Å². The number of benzene rings is 1. The van der Waals surface area contributed by atoms with Crippen LogP contribution in [0.1, 0.15) is 54.7 Å². The number of allylic oxidation sites excluding steroid dienone is 7. The highest BCUT2D eigenvalue weighted by atomic mass is 32.1. The van der Waals surface area contributed by atoms with E-state index >= 15 is 0 Å². The number of nitrogens with zero attached hydrogens (tertiary/aromatic N) is 6. The summed E-state index contributed by atoms with van der Waals surface area (Å²) >= 11 is 4.35. The van der Waals surface area contributed by atoms with E-state index in [0.717, 1.165) is 44.5 Å². The van der Waals surface area contributed by atoms with Crippen LogP contribution in [-0.4, -0.2) is 39.9 Å². The summed E-state index contributed by atoms with van der Waals surface area (Å²) in [7, 11) is 0. The van der Waals surface area contributed by atoms with Gasteiger partial charge < -0.3 is 9.97 Å². The standard InChI is InChI=1S/C35H30N8S/c1-6-13-22-20(9-4)28-36-30(22)40-33-25-16-11-12-17-26(25)34(43-33)42-32-24(15-8-3)23(14-7-2)31(41-32)37-29-21(10-5)27(18-19-44)35(38-28)39-29/h6-19,44H,4-5H2,1-3H3,(H2,36,37,38,39,40,41,42,43)/b13-6-,14-7-,15-8-,19-18-. The van der Waals surface area contributed by atoms with E-state index in [0.29, 0.717) is 45.9 Å². The van der Waals surface area contributed by atoms with Crippen molar-refractivity contribution in [1.82, 2.24) is 39.9 Å². The lowest BCUT2D eigenvalue weighted by molar-refractivity contribution is 1.12. The number of H-pyrrole nitrogens is 2. The van der Waals surface area contributed by atoms with Crippen molar-refractivity contribution < 1.29 is 0 Å². The molecule has 8 nitrogen and oxygen atoms in total. The zero-order valence-electron chi connectivity index (χ0n) is 24.6. The van der Waals surface area contributed by atoms with E-state index in [2.05, 4.69) is 35.8 Å². The third-order valence-electron chi connectivity index (χ3n) is 7.20. The molecule has 0 saturated carbocycles. The van der Waals surface area contributed by atoms with Crippen molar-refractivity contribution in [1.29, 1.82) is 0 Å². The maximum Gasteiger partial charge on any atom is 0.164 e. The highest BCUT2D eigenvalue weighted by molar-refractivity contribution is 7.83. The molecule has 0 radical (unpaired) electrons. The lowest BCUT2D eigenvalue weighted by Gasteiger charge is -1.97. The van der Waals surface area contributed by atoms with Gasteiger partial charge in [0.1, 0.15) is 22.6 Å². The number of thiol groups is 1. The molecule has 0 aliphatic carbocycles. The van der Waals surface area contributed by atoms with E-state index < -0.39 is 0 Å². The molecule has 3 aromatic heterocycles. The third kappa shape index (κ3) is 4.87. The molecule has 0 atom stereocenters. The van der Waals surface area contributed by atoms with Gasteiger partial charge in [0, 0.05) is 44.5 Å². The van der Waals surface area contributed by atoms with Crippen molar-refractivity contribution in [3.8, 4) is 22.8 Å². The van der Waals surface area contributed by atoms with Gasteiger partial charge in [0.25, 0.3) is 0 Å². The molecule has 4 aromatic rings. The van der Waals surface area contributed by atoms with Crippen LogP contribution in [0.3, 0.4) is 0 Å². The molecule has 0 amide bonds. The number of aromatic amines is 2. The zero-order chi connectivity index (χ0) is 30.8. The number of rotatable bonds is 6. The number of aromatic nitrogens is 8. The lowest BCUT2D eigenvalue weighted by atomic mass is 10.1. The molecule has 0 fully saturated rings. The van der Waals surface area contributed by atoms with Crippen molar-refractivity contribution in [3.63, 3.8) is 0 Å². The molecular formula is C35H30N8S. The molecule has 2 N–H and O–H groups in total. The van der Waals surface area contributed by atoms with Crippen molar-refractivity contribution in [3.05, 3.63) is 107 Å². The van der Waals surface area contributed by atoms with Gasteiger partial charge in [-0.1, -0.05) is 86.0 Å². The first-order valence-electron chi connectivity index (χ1n) is 14.1. The van der Waals surface area contributed by atoms with Gasteiger partial charge in [0.2, 0.25) is 0 Å². The largest absolute Gasteiger partial charge is 0.324 e. The first kappa shape index (κ1) is 28.7. The van der Waals surface area contributed by atoms with Crippen molar-refractivity contribution in [2.75, 3.05) is 0 Å². The summed E-state index contributed by atoms with van der Waals surface area (Å²) in [5.74, 6) is 2.00. The summed E-state index contributed by atoms with van der Waals surface area (Å²) in [6, 6.07) is 7.95. The number of hydrogen-bond donors (Lipinski definition) is 3. The second-order valence-corrected chi connectivity index (χ2v) is 10.2. The number of fused-ring (bicyclic) bond motifs is 11. The molecule has 0 unspecified atom stereocenters. The average molecular weight is 595 g/mol. The Hall–Kier alpha value is -5.41. The van der Waals surface area contributed by atoms with Crippen LogP contribution < -0.4 is 0 Å². The molecular weight excluding hydrogens is 565 g/mol. The topological polar surface area (TPSA) is 109 Å². The van der Waals surface area contributed by atoms with Gasteiger partial charge in [-0.2, -0.15) is 12.6 Å². The van der Waals surface area contributed by atoms with Crippen LogP contribution in [0.15, 0.2) is 73.2 Å². The molecule has 9 heteroatoms. The second kappa shape index (κ2) is 12.1. The van der Waals surface area contributed by atoms with Crippen LogP contribution in [0.4, 0.5) is 0 Å². The fourth-order valence-corrected chi connectivity index (χ4v) is 5.48. The highest BCUT2D eigenvalue weighted by Crippen LogP contribution is 2.35. The van der Waals surface area contributed by atoms with Crippen molar-refractivity contribution in [2.24, 2.45) is 0 Å². The van der Waals surface area contributed by atoms with Gasteiger partial charge in [-0.3, -0.25) is 0 Å². The summed E-state index contributed by atoms with van der Waals surface area (Å²) in [6.07, 6.45) is 17.2. The minimum Gasteiger partial charge on any atom is -0.324 e. The predicted octanol–water partition coefficient (Wildman–Crippen LogP) is 8.51. The maximum atomic E-state index is 5.05. The van der Waals surface area contributed by atoms with Gasteiger partial charge in [-0.05, 0) is 32.3 Å². The summed E-state index contributed by atoms with van der Waals surface area (Å²) in [6.45, 7) is 14.0. The average Bonchev–Trinajstić information content (AvgIpc) is 3.73. The molecule has 0 spiro atoms. The summed E-state index contributed by atoms with van der Waals surface area (Å²) < 4.78 is 0. The van der Waals surface area contributed by atoms with Crippen molar-refractivity contribution >= 4 is 70.7 Å². The maximum absolute atomic E-state index is 5.05. The summed E-state index contributed by atoms with van der Waals surface area (Å²) in [5, 5.41) is 1.65. The van der Waals surface area contributed by atoms with Crippen LogP contribution >= 0.6 is 12.6 Å². The first-order valence-corrected chi connectivity index (χ1v) is 14.6. The van der Waals surface area contributed by atoms with E-state index in [-0.39, 0.29) is 0 Å². The Kier molecular flexibility index (Phi) is 7.87. The third-order valence-corrected chi connectivity index (χ3v) is 7.35. The lowest BCUT2D eigenvalue weighted by Crippen LogP contribution is -1.88. The van der Waals surface area contributed by atoms with Gasteiger partial charge in [-0.15, -0.1) is 0 Å². The summed E-state index contributed by atoms with van der Waals surface area (Å²) in [5.41, 5.74) is 8.97. The zero-order valence-corrected chi connectivity index (χ0v) is 25.5. The normalized spacial score (nSPS) is 13.2. The SMILES string of the molecule is C=CC1=C(/C=C\S)c2nc1nc1[nH]c(nc3nc(nc4[nH]c(n2)c(C=C)c4/C=C\C)-c2ccccc2-3)c(/C=C\C)c1/C=C\C. The number of nitrogens with one attached hydrogen (secondary N) is 2. The molecule has 5 heterocycles. The molecule has 0 saturated heterocycles. The van der Waals surface area contributed by atoms with Crippen LogP contribution in [-0.2, 0) is 0 Å². The van der Waals surface area contributed by atoms with E-state index in [9.17, 15) is 0 Å². The number of hydrogen-bond acceptors (Lipinski definition) is 7. The van der Waals surface area contributed by atoms with Crippen LogP contribution in [0.5, 0.6) is 0 Å². The molecule has 2 aliphatic rings. The molecule has 2 aliphatic heterocycles. The fourth-order valence-electron chi connectivity index (χ4n) is 5.33. The Labute approximate surface area is 260 Å². The smallest absolute Gasteiger partial charge is 0.164 e. The molecule has 44 heavy (non-hydrogen) atoms. The highest BCUT2D eigenvalue weighted by Gasteiger charge is 2.22. The molecule has 8 bridgehead atoms. The minimum absolute atomic E-state index is 0.455. The second-order valence-electron chi connectivity index (χ2n) is 9.86. The van der Waals surface area contributed by atoms with Gasteiger partial charge in [0.15, 0.2) is 23.3 Å². The van der Waals surface area contributed by atoms with Gasteiger partial charge in [-0.25, -0.2) is 29.9 Å². The van der Waals surface area contributed by atoms with Gasteiger partial charge >= 0.3 is 0 Å². The predicted molar refractivity (Wildman–Crippen MR) is 186 cm³/mol. The Bertz CT molecular complexity index is 2150. The van der Waals surface area contributed by atoms with Crippen molar-refractivity contribution in [2.45, 2.75) is 20.8 Å². The Morgan fingerprint density at radius 3 is 1.43 bits per heavy atom.